The number of fused-ring (bicyclic) bond motifs is 1. The number of allylic oxidation sites excluding steroid dienone is 1. The van der Waals surface area contributed by atoms with Crippen molar-refractivity contribution in [2.24, 2.45) is 4.99 Å². The molecule has 216 valence electrons. The molecule has 0 aliphatic carbocycles. The number of hydrogen-bond acceptors (Lipinski definition) is 5. The molecule has 0 N–H and O–H groups in total. The molecule has 7 heteroatoms. The Morgan fingerprint density at radius 2 is 1.60 bits per heavy atom. The minimum absolute atomic E-state index is 0.180. The molecule has 43 heavy (non-hydrogen) atoms. The molecule has 0 radical (unpaired) electrons. The SMILES string of the molecule is CCOC(=O)C1=C(C)N=c2sc(=Cc3cc(C)n(-c4ccc(-c5ccccc5)cc4)c3C)c(=O)n2C1c1ccc(C)cc1. The predicted octanol–water partition coefficient (Wildman–Crippen LogP) is 6.18. The Morgan fingerprint density at radius 3 is 2.28 bits per heavy atom. The van der Waals surface area contributed by atoms with Crippen LogP contribution in [0.25, 0.3) is 22.9 Å². The van der Waals surface area contributed by atoms with Crippen LogP contribution in [0.2, 0.25) is 0 Å². The van der Waals surface area contributed by atoms with E-state index in [0.717, 1.165) is 39.3 Å². The Morgan fingerprint density at radius 1 is 0.930 bits per heavy atom. The van der Waals surface area contributed by atoms with E-state index in [2.05, 4.69) is 60.9 Å². The number of aromatic nitrogens is 2. The number of rotatable bonds is 6. The molecule has 0 amide bonds. The van der Waals surface area contributed by atoms with Crippen LogP contribution in [0.15, 0.2) is 106 Å². The lowest BCUT2D eigenvalue weighted by Gasteiger charge is -2.24. The molecule has 1 aliphatic rings. The highest BCUT2D eigenvalue weighted by Crippen LogP contribution is 2.31. The van der Waals surface area contributed by atoms with Crippen LogP contribution in [0.3, 0.4) is 0 Å². The zero-order valence-corrected chi connectivity index (χ0v) is 25.7. The van der Waals surface area contributed by atoms with E-state index in [-0.39, 0.29) is 12.2 Å². The van der Waals surface area contributed by atoms with Crippen molar-refractivity contribution in [1.29, 1.82) is 0 Å². The van der Waals surface area contributed by atoms with Crippen LogP contribution >= 0.6 is 11.3 Å². The number of nitrogens with zero attached hydrogens (tertiary/aromatic N) is 3. The number of aryl methyl sites for hydroxylation is 2. The van der Waals surface area contributed by atoms with Gasteiger partial charge in [-0.05, 0) is 81.1 Å². The largest absolute Gasteiger partial charge is 0.463 e. The summed E-state index contributed by atoms with van der Waals surface area (Å²) in [5.74, 6) is -0.453. The van der Waals surface area contributed by atoms with Crippen LogP contribution in [-0.4, -0.2) is 21.7 Å². The fraction of sp³-hybridized carbons (Fsp3) is 0.194. The molecule has 1 aliphatic heterocycles. The number of thiazole rings is 1. The molecule has 0 saturated carbocycles. The average molecular weight is 588 g/mol. The van der Waals surface area contributed by atoms with Gasteiger partial charge < -0.3 is 9.30 Å². The third-order valence-corrected chi connectivity index (χ3v) is 8.88. The monoisotopic (exact) mass is 587 g/mol. The van der Waals surface area contributed by atoms with E-state index in [1.165, 1.54) is 16.9 Å². The third-order valence-electron chi connectivity index (χ3n) is 7.90. The lowest BCUT2D eigenvalue weighted by atomic mass is 9.95. The zero-order valence-electron chi connectivity index (χ0n) is 24.9. The molecule has 6 rings (SSSR count). The summed E-state index contributed by atoms with van der Waals surface area (Å²) >= 11 is 1.34. The number of benzene rings is 3. The molecular formula is C36H33N3O3S. The van der Waals surface area contributed by atoms with Crippen molar-refractivity contribution < 1.29 is 9.53 Å². The first-order chi connectivity index (χ1) is 20.8. The molecule has 1 atom stereocenters. The van der Waals surface area contributed by atoms with E-state index in [9.17, 15) is 9.59 Å². The van der Waals surface area contributed by atoms with Gasteiger partial charge in [-0.1, -0.05) is 83.6 Å². The van der Waals surface area contributed by atoms with E-state index in [4.69, 9.17) is 9.73 Å². The van der Waals surface area contributed by atoms with Crippen LogP contribution in [0.1, 0.15) is 48.0 Å². The van der Waals surface area contributed by atoms with Crippen LogP contribution < -0.4 is 14.9 Å². The second kappa shape index (κ2) is 11.5. The van der Waals surface area contributed by atoms with Crippen LogP contribution in [-0.2, 0) is 9.53 Å². The Kier molecular flexibility index (Phi) is 7.59. The van der Waals surface area contributed by atoms with Crippen molar-refractivity contribution in [3.8, 4) is 16.8 Å². The van der Waals surface area contributed by atoms with Crippen molar-refractivity contribution in [2.45, 2.75) is 40.7 Å². The smallest absolute Gasteiger partial charge is 0.338 e. The molecule has 6 nitrogen and oxygen atoms in total. The van der Waals surface area contributed by atoms with Gasteiger partial charge in [0.25, 0.3) is 5.56 Å². The van der Waals surface area contributed by atoms with Gasteiger partial charge in [0.15, 0.2) is 4.80 Å². The quantitative estimate of drug-likeness (QED) is 0.223. The van der Waals surface area contributed by atoms with Gasteiger partial charge in [0.2, 0.25) is 0 Å². The number of carbonyl (C=O) groups excluding carboxylic acids is 1. The second-order valence-electron chi connectivity index (χ2n) is 10.8. The van der Waals surface area contributed by atoms with Crippen molar-refractivity contribution in [2.75, 3.05) is 6.61 Å². The molecule has 0 saturated heterocycles. The molecule has 2 aromatic heterocycles. The number of ether oxygens (including phenoxy) is 1. The molecular weight excluding hydrogens is 554 g/mol. The van der Waals surface area contributed by atoms with Crippen LogP contribution in [0.4, 0.5) is 0 Å². The normalized spacial score (nSPS) is 14.9. The Balaban J connectivity index is 1.44. The van der Waals surface area contributed by atoms with Gasteiger partial charge in [-0.25, -0.2) is 9.79 Å². The molecule has 0 bridgehead atoms. The average Bonchev–Trinajstić information content (AvgIpc) is 3.46. The minimum atomic E-state index is -0.617. The lowest BCUT2D eigenvalue weighted by molar-refractivity contribution is -0.139. The maximum Gasteiger partial charge on any atom is 0.338 e. The van der Waals surface area contributed by atoms with Gasteiger partial charge >= 0.3 is 5.97 Å². The summed E-state index contributed by atoms with van der Waals surface area (Å²) in [6, 6.07) is 28.2. The first kappa shape index (κ1) is 28.4. The summed E-state index contributed by atoms with van der Waals surface area (Å²) in [4.78, 5) is 32.5. The Labute approximate surface area is 254 Å². The third kappa shape index (κ3) is 5.21. The second-order valence-corrected chi connectivity index (χ2v) is 11.8. The standard InChI is InChI=1S/C36H33N3O3S/c1-6-42-35(41)32-24(4)37-36-39(33(32)28-14-12-22(2)13-15-28)34(40)31(43-36)21-29-20-23(3)38(25(29)5)30-18-16-27(17-19-30)26-10-8-7-9-11-26/h7-21,33H,6H2,1-5H3. The lowest BCUT2D eigenvalue weighted by Crippen LogP contribution is -2.39. The number of hydrogen-bond donors (Lipinski definition) is 0. The highest BCUT2D eigenvalue weighted by molar-refractivity contribution is 7.07. The van der Waals surface area contributed by atoms with Crippen LogP contribution in [0.5, 0.6) is 0 Å². The summed E-state index contributed by atoms with van der Waals surface area (Å²) in [6.45, 7) is 9.98. The maximum absolute atomic E-state index is 14.0. The van der Waals surface area contributed by atoms with Crippen molar-refractivity contribution >= 4 is 23.4 Å². The van der Waals surface area contributed by atoms with Gasteiger partial charge in [0.05, 0.1) is 28.5 Å². The van der Waals surface area contributed by atoms with Gasteiger partial charge in [0.1, 0.15) is 0 Å². The highest BCUT2D eigenvalue weighted by Gasteiger charge is 2.33. The van der Waals surface area contributed by atoms with Gasteiger partial charge in [-0.15, -0.1) is 0 Å². The summed E-state index contributed by atoms with van der Waals surface area (Å²) in [5, 5.41) is 0. The Bertz CT molecular complexity index is 2050. The van der Waals surface area contributed by atoms with E-state index in [1.54, 1.807) is 18.4 Å². The van der Waals surface area contributed by atoms with E-state index in [0.29, 0.717) is 20.6 Å². The summed E-state index contributed by atoms with van der Waals surface area (Å²) in [6.07, 6.45) is 1.94. The van der Waals surface area contributed by atoms with E-state index in [1.807, 2.05) is 55.5 Å². The Hall–Kier alpha value is -4.75. The molecule has 5 aromatic rings. The maximum atomic E-state index is 14.0. The van der Waals surface area contributed by atoms with E-state index < -0.39 is 12.0 Å². The topological polar surface area (TPSA) is 65.6 Å². The van der Waals surface area contributed by atoms with Crippen molar-refractivity contribution in [3.63, 3.8) is 0 Å². The molecule has 1 unspecified atom stereocenters. The number of esters is 1. The summed E-state index contributed by atoms with van der Waals surface area (Å²) < 4.78 is 9.82. The predicted molar refractivity (Wildman–Crippen MR) is 172 cm³/mol. The fourth-order valence-electron chi connectivity index (χ4n) is 5.76. The highest BCUT2D eigenvalue weighted by atomic mass is 32.1. The molecule has 3 heterocycles. The molecule has 3 aromatic carbocycles. The first-order valence-corrected chi connectivity index (χ1v) is 15.2. The number of carbonyl (C=O) groups is 1. The minimum Gasteiger partial charge on any atom is -0.463 e. The van der Waals surface area contributed by atoms with Crippen molar-refractivity contribution in [3.05, 3.63) is 144 Å². The van der Waals surface area contributed by atoms with Gasteiger partial charge in [0, 0.05) is 17.1 Å². The summed E-state index contributed by atoms with van der Waals surface area (Å²) in [5.41, 5.74) is 9.18. The fourth-order valence-corrected chi connectivity index (χ4v) is 6.80. The van der Waals surface area contributed by atoms with Gasteiger partial charge in [-0.3, -0.25) is 9.36 Å². The molecule has 0 fully saturated rings. The summed E-state index contributed by atoms with van der Waals surface area (Å²) in [7, 11) is 0. The first-order valence-electron chi connectivity index (χ1n) is 14.4. The molecule has 0 spiro atoms. The van der Waals surface area contributed by atoms with Crippen LogP contribution in [0, 0.1) is 20.8 Å². The van der Waals surface area contributed by atoms with Gasteiger partial charge in [-0.2, -0.15) is 0 Å². The zero-order chi connectivity index (χ0) is 30.2. The van der Waals surface area contributed by atoms with Crippen molar-refractivity contribution in [1.82, 2.24) is 9.13 Å². The van der Waals surface area contributed by atoms with E-state index >= 15 is 0 Å².